The second-order valence-corrected chi connectivity index (χ2v) is 8.90. The number of nitrogens with one attached hydrogen (secondary N) is 1. The van der Waals surface area contributed by atoms with Crippen LogP contribution >= 0.6 is 0 Å². The van der Waals surface area contributed by atoms with Gasteiger partial charge in [0.1, 0.15) is 11.5 Å². The summed E-state index contributed by atoms with van der Waals surface area (Å²) in [6.45, 7) is 0. The van der Waals surface area contributed by atoms with Gasteiger partial charge < -0.3 is 9.73 Å². The molecule has 9 heteroatoms. The molecular weight excluding hydrogens is 395 g/mol. The Kier molecular flexibility index (Phi) is 5.83. The Balaban J connectivity index is 1.63. The summed E-state index contributed by atoms with van der Waals surface area (Å²) < 4.78 is 68.7. The quantitative estimate of drug-likeness (QED) is 0.798. The number of sulfone groups is 1. The molecule has 28 heavy (non-hydrogen) atoms. The number of alkyl halides is 3. The topological polar surface area (TPSA) is 76.4 Å². The van der Waals surface area contributed by atoms with Crippen LogP contribution in [0.1, 0.15) is 42.0 Å². The van der Waals surface area contributed by atoms with Crippen LogP contribution in [0.3, 0.4) is 0 Å². The van der Waals surface area contributed by atoms with E-state index in [1.807, 2.05) is 0 Å². The molecule has 1 amide bonds. The molecule has 0 spiro atoms. The number of benzene rings is 1. The number of furan rings is 1. The number of carbonyl (C=O) groups excluding carboxylic acids is 1. The van der Waals surface area contributed by atoms with E-state index in [-0.39, 0.29) is 29.3 Å². The fraction of sp³-hybridized carbons (Fsp3) is 0.421. The smallest absolute Gasteiger partial charge is 0.391 e. The lowest BCUT2D eigenvalue weighted by Gasteiger charge is -2.30. The van der Waals surface area contributed by atoms with Gasteiger partial charge in [0.05, 0.1) is 10.8 Å². The van der Waals surface area contributed by atoms with Crippen LogP contribution in [0.15, 0.2) is 51.8 Å². The minimum atomic E-state index is -4.27. The third kappa shape index (κ3) is 4.95. The Morgan fingerprint density at radius 1 is 1.11 bits per heavy atom. The summed E-state index contributed by atoms with van der Waals surface area (Å²) in [5.74, 6) is -2.51. The van der Waals surface area contributed by atoms with E-state index in [0.717, 1.165) is 0 Å². The molecule has 0 radical (unpaired) electrons. The number of carbonyl (C=O) groups is 1. The van der Waals surface area contributed by atoms with Gasteiger partial charge in [0.2, 0.25) is 0 Å². The maximum absolute atomic E-state index is 12.9. The van der Waals surface area contributed by atoms with Gasteiger partial charge in [-0.25, -0.2) is 8.42 Å². The fourth-order valence-corrected chi connectivity index (χ4v) is 4.62. The van der Waals surface area contributed by atoms with E-state index >= 15 is 0 Å². The lowest BCUT2D eigenvalue weighted by Crippen LogP contribution is -2.41. The minimum Gasteiger partial charge on any atom is -0.455 e. The zero-order chi connectivity index (χ0) is 20.4. The van der Waals surface area contributed by atoms with Crippen molar-refractivity contribution in [2.24, 2.45) is 5.92 Å². The first kappa shape index (κ1) is 20.4. The molecule has 1 saturated carbocycles. The average Bonchev–Trinajstić information content (AvgIpc) is 3.10. The van der Waals surface area contributed by atoms with E-state index < -0.39 is 39.6 Å². The maximum atomic E-state index is 12.9. The van der Waals surface area contributed by atoms with Crippen LogP contribution in [0.4, 0.5) is 13.2 Å². The van der Waals surface area contributed by atoms with Crippen LogP contribution in [0, 0.1) is 5.92 Å². The molecule has 2 aromatic rings. The fourth-order valence-electron chi connectivity index (χ4n) is 3.35. The van der Waals surface area contributed by atoms with Crippen molar-refractivity contribution < 1.29 is 30.8 Å². The Morgan fingerprint density at radius 3 is 2.50 bits per heavy atom. The highest BCUT2D eigenvalue weighted by molar-refractivity contribution is 7.90. The van der Waals surface area contributed by atoms with E-state index in [0.29, 0.717) is 12.8 Å². The van der Waals surface area contributed by atoms with Gasteiger partial charge in [-0.2, -0.15) is 13.2 Å². The van der Waals surface area contributed by atoms with E-state index in [1.165, 1.54) is 24.3 Å². The van der Waals surface area contributed by atoms with Gasteiger partial charge >= 0.3 is 6.18 Å². The number of halogens is 3. The van der Waals surface area contributed by atoms with Crippen LogP contribution in [0.5, 0.6) is 0 Å². The van der Waals surface area contributed by atoms with Crippen molar-refractivity contribution >= 4 is 15.7 Å². The average molecular weight is 415 g/mol. The molecule has 1 aliphatic carbocycles. The van der Waals surface area contributed by atoms with Crippen molar-refractivity contribution in [2.75, 3.05) is 0 Å². The van der Waals surface area contributed by atoms with Crippen LogP contribution in [-0.4, -0.2) is 26.5 Å². The van der Waals surface area contributed by atoms with Crippen molar-refractivity contribution in [3.05, 3.63) is 54.0 Å². The number of hydrogen-bond acceptors (Lipinski definition) is 4. The first-order chi connectivity index (χ1) is 13.1. The molecule has 5 nitrogen and oxygen atoms in total. The summed E-state index contributed by atoms with van der Waals surface area (Å²) >= 11 is 0. The van der Waals surface area contributed by atoms with Gasteiger partial charge in [-0.1, -0.05) is 24.6 Å². The van der Waals surface area contributed by atoms with Gasteiger partial charge in [0.15, 0.2) is 15.6 Å². The van der Waals surface area contributed by atoms with Gasteiger partial charge in [-0.3, -0.25) is 4.79 Å². The highest BCUT2D eigenvalue weighted by Gasteiger charge is 2.42. The first-order valence-corrected chi connectivity index (χ1v) is 10.5. The minimum absolute atomic E-state index is 0.0676. The van der Waals surface area contributed by atoms with Crippen molar-refractivity contribution in [3.63, 3.8) is 0 Å². The monoisotopic (exact) mass is 415 g/mol. The highest BCUT2D eigenvalue weighted by atomic mass is 32.2. The second-order valence-electron chi connectivity index (χ2n) is 6.91. The van der Waals surface area contributed by atoms with E-state index in [9.17, 15) is 26.4 Å². The standard InChI is InChI=1S/C19H20F3NO4S/c20-19(21,22)13-5-4-6-14(11-13)23-18(24)17-10-9-15(27-17)12-28(25,26)16-7-2-1-3-8-16/h1-3,7-10,13-14H,4-6,11-12H2,(H,23,24). The molecule has 0 aliphatic heterocycles. The Morgan fingerprint density at radius 2 is 1.82 bits per heavy atom. The number of hydrogen-bond donors (Lipinski definition) is 1. The highest BCUT2D eigenvalue weighted by Crippen LogP contribution is 2.37. The van der Waals surface area contributed by atoms with Gasteiger partial charge in [-0.15, -0.1) is 0 Å². The Hall–Kier alpha value is -2.29. The molecule has 0 bridgehead atoms. The molecular formula is C19H20F3NO4S. The normalized spacial score (nSPS) is 20.7. The van der Waals surface area contributed by atoms with E-state index in [1.54, 1.807) is 18.2 Å². The zero-order valence-corrected chi connectivity index (χ0v) is 15.7. The van der Waals surface area contributed by atoms with E-state index in [2.05, 4.69) is 5.32 Å². The first-order valence-electron chi connectivity index (χ1n) is 8.89. The van der Waals surface area contributed by atoms with Crippen LogP contribution in [-0.2, 0) is 15.6 Å². The predicted molar refractivity (Wildman–Crippen MR) is 95.3 cm³/mol. The number of rotatable bonds is 5. The lowest BCUT2D eigenvalue weighted by molar-refractivity contribution is -0.183. The van der Waals surface area contributed by atoms with Crippen LogP contribution in [0.25, 0.3) is 0 Å². The molecule has 1 N–H and O–H groups in total. The third-order valence-corrected chi connectivity index (χ3v) is 6.45. The summed E-state index contributed by atoms with van der Waals surface area (Å²) in [6.07, 6.45) is -3.52. The SMILES string of the molecule is O=C(NC1CCCC(C(F)(F)F)C1)c1ccc(CS(=O)(=O)c2ccccc2)o1. The zero-order valence-electron chi connectivity index (χ0n) is 14.9. The molecule has 1 aliphatic rings. The molecule has 3 rings (SSSR count). The summed E-state index contributed by atoms with van der Waals surface area (Å²) in [5, 5.41) is 2.56. The second kappa shape index (κ2) is 7.98. The number of amides is 1. The molecule has 1 aromatic carbocycles. The Bertz CT molecular complexity index is 922. The van der Waals surface area contributed by atoms with Gasteiger partial charge in [0.25, 0.3) is 5.91 Å². The predicted octanol–water partition coefficient (Wildman–Crippen LogP) is 4.10. The van der Waals surface area contributed by atoms with Gasteiger partial charge in [-0.05, 0) is 43.5 Å². The largest absolute Gasteiger partial charge is 0.455 e. The summed E-state index contributed by atoms with van der Waals surface area (Å²) in [4.78, 5) is 12.4. The molecule has 1 aromatic heterocycles. The lowest BCUT2D eigenvalue weighted by atomic mass is 9.85. The molecule has 2 unspecified atom stereocenters. The van der Waals surface area contributed by atoms with Crippen molar-refractivity contribution in [2.45, 2.75) is 48.5 Å². The van der Waals surface area contributed by atoms with Crippen molar-refractivity contribution in [1.82, 2.24) is 5.32 Å². The Labute approximate surface area is 160 Å². The van der Waals surface area contributed by atoms with Crippen LogP contribution < -0.4 is 5.32 Å². The maximum Gasteiger partial charge on any atom is 0.391 e. The summed E-state index contributed by atoms with van der Waals surface area (Å²) in [7, 11) is -3.63. The van der Waals surface area contributed by atoms with Crippen molar-refractivity contribution in [3.8, 4) is 0 Å². The summed E-state index contributed by atoms with van der Waals surface area (Å²) in [6, 6.07) is 9.96. The summed E-state index contributed by atoms with van der Waals surface area (Å²) in [5.41, 5.74) is 0. The molecule has 2 atom stereocenters. The van der Waals surface area contributed by atoms with Crippen molar-refractivity contribution in [1.29, 1.82) is 0 Å². The third-order valence-electron chi connectivity index (χ3n) is 4.79. The molecule has 1 fully saturated rings. The molecule has 0 saturated heterocycles. The van der Waals surface area contributed by atoms with Gasteiger partial charge in [0, 0.05) is 6.04 Å². The van der Waals surface area contributed by atoms with Crippen LogP contribution in [0.2, 0.25) is 0 Å². The van der Waals surface area contributed by atoms with E-state index in [4.69, 9.17) is 4.42 Å². The molecule has 1 heterocycles. The molecule has 152 valence electrons.